The normalized spacial score (nSPS) is 16.0. The molecule has 222 valence electrons. The molecule has 0 fully saturated rings. The van der Waals surface area contributed by atoms with Gasteiger partial charge in [-0.3, -0.25) is 4.79 Å². The van der Waals surface area contributed by atoms with Crippen molar-refractivity contribution in [3.8, 4) is 34.5 Å². The van der Waals surface area contributed by atoms with Crippen LogP contribution in [-0.2, 0) is 6.42 Å². The van der Waals surface area contributed by atoms with E-state index in [1.165, 1.54) is 25.3 Å². The number of phenolic OH excluding ortho intramolecular Hbond substituents is 4. The molecule has 0 aliphatic carbocycles. The Morgan fingerprint density at radius 3 is 2.14 bits per heavy atom. The van der Waals surface area contributed by atoms with Crippen molar-refractivity contribution in [2.75, 3.05) is 7.11 Å². The smallest absolute Gasteiger partial charge is 0.174 e. The Morgan fingerprint density at radius 1 is 0.907 bits per heavy atom. The second kappa shape index (κ2) is 12.9. The van der Waals surface area contributed by atoms with E-state index in [4.69, 9.17) is 9.47 Å². The average Bonchev–Trinajstić information content (AvgIpc) is 3.00. The molecule has 1 heterocycles. The summed E-state index contributed by atoms with van der Waals surface area (Å²) in [4.78, 5) is 13.5. The molecule has 0 saturated heterocycles. The highest BCUT2D eigenvalue weighted by Crippen LogP contribution is 2.50. The lowest BCUT2D eigenvalue weighted by atomic mass is 9.85. The molecule has 0 radical (unpaired) electrons. The van der Waals surface area contributed by atoms with E-state index in [1.54, 1.807) is 48.5 Å². The molecule has 3 atom stereocenters. The molecule has 5 rings (SSSR count). The molecular formula is C35H34O8. The second-order valence-electron chi connectivity index (χ2n) is 10.6. The second-order valence-corrected chi connectivity index (χ2v) is 10.6. The minimum atomic E-state index is -0.656. The summed E-state index contributed by atoms with van der Waals surface area (Å²) in [5.74, 6) is -0.191. The van der Waals surface area contributed by atoms with Crippen molar-refractivity contribution in [2.45, 2.75) is 43.8 Å². The molecule has 1 aliphatic heterocycles. The summed E-state index contributed by atoms with van der Waals surface area (Å²) in [6, 6.07) is 21.2. The highest BCUT2D eigenvalue weighted by Gasteiger charge is 2.36. The van der Waals surface area contributed by atoms with E-state index in [9.17, 15) is 30.3 Å². The molecular weight excluding hydrogens is 548 g/mol. The van der Waals surface area contributed by atoms with Crippen LogP contribution in [0.2, 0.25) is 0 Å². The molecule has 1 aliphatic rings. The number of aliphatic hydroxyl groups is 1. The van der Waals surface area contributed by atoms with E-state index in [0.717, 1.165) is 11.1 Å². The zero-order chi connectivity index (χ0) is 30.5. The van der Waals surface area contributed by atoms with Gasteiger partial charge in [-0.05, 0) is 72.4 Å². The molecule has 5 N–H and O–H groups in total. The summed E-state index contributed by atoms with van der Waals surface area (Å²) in [6.45, 7) is 0. The number of benzene rings is 4. The molecule has 0 bridgehead atoms. The van der Waals surface area contributed by atoms with Gasteiger partial charge in [-0.1, -0.05) is 48.6 Å². The van der Waals surface area contributed by atoms with E-state index in [-0.39, 0.29) is 52.3 Å². The lowest BCUT2D eigenvalue weighted by molar-refractivity contribution is 0.0841. The number of methoxy groups -OCH3 is 1. The Bertz CT molecular complexity index is 1590. The number of rotatable bonds is 10. The number of carbonyl (C=O) groups excluding carboxylic acids is 1. The van der Waals surface area contributed by atoms with Crippen LogP contribution in [0.4, 0.5) is 0 Å². The van der Waals surface area contributed by atoms with Crippen LogP contribution in [0.25, 0.3) is 0 Å². The fourth-order valence-corrected chi connectivity index (χ4v) is 5.36. The minimum absolute atomic E-state index is 0.0469. The maximum atomic E-state index is 13.5. The Hall–Kier alpha value is -4.95. The number of ketones is 1. The van der Waals surface area contributed by atoms with Crippen LogP contribution in [0, 0.1) is 0 Å². The highest BCUT2D eigenvalue weighted by molar-refractivity contribution is 6.03. The van der Waals surface area contributed by atoms with Crippen molar-refractivity contribution < 1.29 is 39.8 Å². The minimum Gasteiger partial charge on any atom is -0.508 e. The van der Waals surface area contributed by atoms with Crippen molar-refractivity contribution in [3.63, 3.8) is 0 Å². The predicted molar refractivity (Wildman–Crippen MR) is 161 cm³/mol. The number of hydrogen-bond acceptors (Lipinski definition) is 8. The fourth-order valence-electron chi connectivity index (χ4n) is 5.36. The van der Waals surface area contributed by atoms with Gasteiger partial charge in [0, 0.05) is 17.5 Å². The van der Waals surface area contributed by atoms with Gasteiger partial charge in [0.2, 0.25) is 0 Å². The number of ether oxygens (including phenoxy) is 2. The van der Waals surface area contributed by atoms with Crippen LogP contribution in [0.3, 0.4) is 0 Å². The van der Waals surface area contributed by atoms with Crippen molar-refractivity contribution in [2.24, 2.45) is 0 Å². The Balaban J connectivity index is 1.49. The van der Waals surface area contributed by atoms with E-state index < -0.39 is 18.1 Å². The predicted octanol–water partition coefficient (Wildman–Crippen LogP) is 6.30. The number of allylic oxidation sites excluding steroid dienone is 1. The van der Waals surface area contributed by atoms with Crippen LogP contribution in [0.15, 0.2) is 91.0 Å². The fraction of sp³-hybridized carbons (Fsp3) is 0.229. The number of Topliss-reactive ketones (excluding diaryl/α,β-unsaturated/α-hetero) is 1. The largest absolute Gasteiger partial charge is 0.508 e. The van der Waals surface area contributed by atoms with Gasteiger partial charge in [-0.25, -0.2) is 0 Å². The summed E-state index contributed by atoms with van der Waals surface area (Å²) in [6.07, 6.45) is 3.91. The van der Waals surface area contributed by atoms with Gasteiger partial charge in [0.15, 0.2) is 5.78 Å². The first kappa shape index (κ1) is 29.5. The maximum Gasteiger partial charge on any atom is 0.174 e. The molecule has 8 nitrogen and oxygen atoms in total. The lowest BCUT2D eigenvalue weighted by Crippen LogP contribution is -2.23. The number of aryl methyl sites for hydroxylation is 1. The van der Waals surface area contributed by atoms with Crippen LogP contribution >= 0.6 is 0 Å². The number of carbonyl (C=O) groups is 1. The molecule has 4 aromatic carbocycles. The van der Waals surface area contributed by atoms with Crippen molar-refractivity contribution in [1.29, 1.82) is 0 Å². The zero-order valence-corrected chi connectivity index (χ0v) is 23.7. The maximum absolute atomic E-state index is 13.5. The highest BCUT2D eigenvalue weighted by atomic mass is 16.5. The third-order valence-corrected chi connectivity index (χ3v) is 7.66. The SMILES string of the molecule is COc1cc(O)c([C@@H](/C=C/C[C@@H](O)CCc2ccc(O)cc2)c2ccc(O)cc2)c2c1C(=O)C[C@@H](c1ccc(O)cc1)O2. The summed E-state index contributed by atoms with van der Waals surface area (Å²) in [7, 11) is 1.42. The zero-order valence-electron chi connectivity index (χ0n) is 23.7. The summed E-state index contributed by atoms with van der Waals surface area (Å²) >= 11 is 0. The molecule has 43 heavy (non-hydrogen) atoms. The molecule has 0 aromatic heterocycles. The Morgan fingerprint density at radius 2 is 1.51 bits per heavy atom. The van der Waals surface area contributed by atoms with Crippen LogP contribution in [0.5, 0.6) is 34.5 Å². The standard InChI is InChI=1S/C35H34O8/c1-42-32-20-29(40)33(35-34(32)30(41)19-31(43-35)23-10-17-27(39)18-11-23)28(22-8-15-26(38)16-9-22)4-2-3-24(36)12-5-21-6-13-25(37)14-7-21/h2,4,6-11,13-18,20,24,28,31,36-40H,3,5,12,19H2,1H3/b4-2+/t24-,28+,31+/m1/s1. The lowest BCUT2D eigenvalue weighted by Gasteiger charge is -2.31. The number of phenols is 4. The van der Waals surface area contributed by atoms with Gasteiger partial charge in [-0.15, -0.1) is 0 Å². The molecule has 0 unspecified atom stereocenters. The van der Waals surface area contributed by atoms with E-state index in [0.29, 0.717) is 30.4 Å². The third-order valence-electron chi connectivity index (χ3n) is 7.66. The molecule has 0 saturated carbocycles. The van der Waals surface area contributed by atoms with Gasteiger partial charge in [0.1, 0.15) is 46.2 Å². The van der Waals surface area contributed by atoms with E-state index >= 15 is 0 Å². The quantitative estimate of drug-likeness (QED) is 0.138. The first-order chi connectivity index (χ1) is 20.7. The van der Waals surface area contributed by atoms with Gasteiger partial charge >= 0.3 is 0 Å². The van der Waals surface area contributed by atoms with Gasteiger partial charge in [0.25, 0.3) is 0 Å². The molecule has 0 spiro atoms. The summed E-state index contributed by atoms with van der Waals surface area (Å²) in [5, 5.41) is 51.2. The van der Waals surface area contributed by atoms with Gasteiger partial charge in [0.05, 0.1) is 19.6 Å². The average molecular weight is 583 g/mol. The van der Waals surface area contributed by atoms with Crippen LogP contribution < -0.4 is 9.47 Å². The number of aliphatic hydroxyl groups excluding tert-OH is 1. The van der Waals surface area contributed by atoms with Crippen molar-refractivity contribution in [1.82, 2.24) is 0 Å². The Labute approximate surface area is 249 Å². The monoisotopic (exact) mass is 582 g/mol. The molecule has 8 heteroatoms. The summed E-state index contributed by atoms with van der Waals surface area (Å²) in [5.41, 5.74) is 3.00. The van der Waals surface area contributed by atoms with Crippen LogP contribution in [0.1, 0.15) is 63.9 Å². The Kier molecular flexibility index (Phi) is 8.87. The molecule has 0 amide bonds. The summed E-state index contributed by atoms with van der Waals surface area (Å²) < 4.78 is 11.9. The first-order valence-electron chi connectivity index (χ1n) is 14.1. The van der Waals surface area contributed by atoms with Crippen molar-refractivity contribution >= 4 is 5.78 Å². The topological polar surface area (TPSA) is 137 Å². The van der Waals surface area contributed by atoms with E-state index in [1.807, 2.05) is 24.3 Å². The van der Waals surface area contributed by atoms with Crippen molar-refractivity contribution in [3.05, 3.63) is 119 Å². The third kappa shape index (κ3) is 6.76. The van der Waals surface area contributed by atoms with Crippen LogP contribution in [-0.4, -0.2) is 44.5 Å². The van der Waals surface area contributed by atoms with Gasteiger partial charge in [-0.2, -0.15) is 0 Å². The first-order valence-corrected chi connectivity index (χ1v) is 14.1. The van der Waals surface area contributed by atoms with Gasteiger partial charge < -0.3 is 35.0 Å². The number of aromatic hydroxyl groups is 4. The molecule has 4 aromatic rings. The number of hydrogen-bond donors (Lipinski definition) is 5. The number of fused-ring (bicyclic) bond motifs is 1. The van der Waals surface area contributed by atoms with E-state index in [2.05, 4.69) is 0 Å².